The molecule has 0 rings (SSSR count). The normalized spacial score (nSPS) is 14.5. The van der Waals surface area contributed by atoms with Gasteiger partial charge in [0.15, 0.2) is 0 Å². The average molecular weight is 247 g/mol. The molecule has 0 N–H and O–H groups in total. The Balaban J connectivity index is 5.08. The Hall–Kier alpha value is -0.930. The molecular weight excluding hydrogens is 245 g/mol. The standard InChI is InChI=1S/C5H2F9N/c1-2(3(6,7)8)4(9,10)15(14)5(11,12)13/h1H2. The van der Waals surface area contributed by atoms with Crippen molar-refractivity contribution in [1.82, 2.24) is 5.12 Å². The Kier molecular flexibility index (Phi) is 3.36. The van der Waals surface area contributed by atoms with Crippen molar-refractivity contribution in [3.63, 3.8) is 0 Å². The first-order chi connectivity index (χ1) is 6.31. The van der Waals surface area contributed by atoms with Crippen molar-refractivity contribution in [1.29, 1.82) is 0 Å². The van der Waals surface area contributed by atoms with E-state index < -0.39 is 29.2 Å². The minimum Gasteiger partial charge on any atom is -0.181 e. The first kappa shape index (κ1) is 14.1. The molecule has 10 heteroatoms. The zero-order valence-electron chi connectivity index (χ0n) is 6.56. The van der Waals surface area contributed by atoms with Crippen LogP contribution in [0.5, 0.6) is 0 Å². The molecule has 0 bridgehead atoms. The summed E-state index contributed by atoms with van der Waals surface area (Å²) in [5, 5.41) is -3.16. The van der Waals surface area contributed by atoms with E-state index in [1.165, 1.54) is 0 Å². The Morgan fingerprint density at radius 1 is 0.867 bits per heavy atom. The average Bonchev–Trinajstić information content (AvgIpc) is 1.98. The third kappa shape index (κ3) is 3.01. The van der Waals surface area contributed by atoms with Gasteiger partial charge in [-0.15, -0.1) is 4.48 Å². The van der Waals surface area contributed by atoms with Gasteiger partial charge in [0, 0.05) is 5.12 Å². The molecule has 90 valence electrons. The fourth-order valence-corrected chi connectivity index (χ4v) is 0.448. The molecule has 0 saturated heterocycles. The highest BCUT2D eigenvalue weighted by Gasteiger charge is 2.61. The number of hydrogen-bond acceptors (Lipinski definition) is 1. The van der Waals surface area contributed by atoms with Crippen molar-refractivity contribution in [2.45, 2.75) is 18.5 Å². The van der Waals surface area contributed by atoms with Crippen LogP contribution in [0, 0.1) is 0 Å². The lowest BCUT2D eigenvalue weighted by molar-refractivity contribution is -0.394. The molecule has 0 fully saturated rings. The summed E-state index contributed by atoms with van der Waals surface area (Å²) in [5.74, 6) is 0. The van der Waals surface area contributed by atoms with E-state index in [0.29, 0.717) is 0 Å². The second kappa shape index (κ2) is 3.58. The van der Waals surface area contributed by atoms with Crippen LogP contribution in [0.3, 0.4) is 0 Å². The van der Waals surface area contributed by atoms with Gasteiger partial charge in [-0.1, -0.05) is 6.58 Å². The molecule has 0 aliphatic rings. The maximum Gasteiger partial charge on any atom is 0.492 e. The van der Waals surface area contributed by atoms with E-state index in [1.807, 2.05) is 0 Å². The van der Waals surface area contributed by atoms with Crippen LogP contribution in [0.4, 0.5) is 39.6 Å². The van der Waals surface area contributed by atoms with Gasteiger partial charge in [-0.25, -0.2) is 0 Å². The Labute approximate surface area is 76.7 Å². The topological polar surface area (TPSA) is 3.24 Å². The van der Waals surface area contributed by atoms with E-state index in [9.17, 15) is 39.6 Å². The van der Waals surface area contributed by atoms with Crippen molar-refractivity contribution in [3.8, 4) is 0 Å². The molecule has 0 radical (unpaired) electrons. The summed E-state index contributed by atoms with van der Waals surface area (Å²) >= 11 is 0. The molecule has 0 aromatic rings. The van der Waals surface area contributed by atoms with Crippen LogP contribution in [-0.2, 0) is 0 Å². The lowest BCUT2D eigenvalue weighted by Crippen LogP contribution is -2.48. The highest BCUT2D eigenvalue weighted by Crippen LogP contribution is 2.43. The van der Waals surface area contributed by atoms with Crippen molar-refractivity contribution in [2.24, 2.45) is 0 Å². The molecule has 0 atom stereocenters. The fourth-order valence-electron chi connectivity index (χ4n) is 0.448. The van der Waals surface area contributed by atoms with Gasteiger partial charge in [-0.05, 0) is 0 Å². The van der Waals surface area contributed by atoms with Crippen LogP contribution in [0.2, 0.25) is 0 Å². The largest absolute Gasteiger partial charge is 0.492 e. The van der Waals surface area contributed by atoms with E-state index >= 15 is 0 Å². The summed E-state index contributed by atoms with van der Waals surface area (Å²) in [6.45, 7) is 1.68. The number of alkyl halides is 8. The van der Waals surface area contributed by atoms with Gasteiger partial charge in [0.25, 0.3) is 0 Å². The Morgan fingerprint density at radius 2 is 1.20 bits per heavy atom. The molecule has 0 aromatic carbocycles. The predicted molar refractivity (Wildman–Crippen MR) is 29.1 cm³/mol. The van der Waals surface area contributed by atoms with E-state index in [1.54, 1.807) is 6.58 Å². The summed E-state index contributed by atoms with van der Waals surface area (Å²) in [6, 6.07) is -5.89. The molecule has 0 unspecified atom stereocenters. The monoisotopic (exact) mass is 247 g/mol. The second-order valence-electron chi connectivity index (χ2n) is 2.27. The molecule has 0 heterocycles. The van der Waals surface area contributed by atoms with Crippen LogP contribution in [0.15, 0.2) is 12.2 Å². The molecular formula is C5H2F9N. The van der Waals surface area contributed by atoms with Crippen LogP contribution >= 0.6 is 0 Å². The maximum absolute atomic E-state index is 12.2. The quantitative estimate of drug-likeness (QED) is 0.313. The fraction of sp³-hybridized carbons (Fsp3) is 0.600. The van der Waals surface area contributed by atoms with Gasteiger partial charge in [-0.2, -0.15) is 35.1 Å². The van der Waals surface area contributed by atoms with Gasteiger partial charge in [0.2, 0.25) is 0 Å². The first-order valence-electron chi connectivity index (χ1n) is 2.98. The molecule has 1 nitrogen and oxygen atoms in total. The van der Waals surface area contributed by atoms with E-state index in [0.717, 1.165) is 0 Å². The van der Waals surface area contributed by atoms with Crippen LogP contribution in [-0.4, -0.2) is 23.6 Å². The highest BCUT2D eigenvalue weighted by atomic mass is 19.4. The summed E-state index contributed by atoms with van der Waals surface area (Å²) in [5.41, 5.74) is -3.14. The molecule has 0 spiro atoms. The minimum atomic E-state index is -6.25. The lowest BCUT2D eigenvalue weighted by Gasteiger charge is -2.26. The predicted octanol–water partition coefficient (Wildman–Crippen LogP) is 3.40. The summed E-state index contributed by atoms with van der Waals surface area (Å²) in [6.07, 6.45) is -12.1. The van der Waals surface area contributed by atoms with Crippen LogP contribution in [0.1, 0.15) is 0 Å². The number of halogens is 9. The van der Waals surface area contributed by atoms with Crippen molar-refractivity contribution in [3.05, 3.63) is 12.2 Å². The first-order valence-corrected chi connectivity index (χ1v) is 2.98. The van der Waals surface area contributed by atoms with Crippen LogP contribution < -0.4 is 0 Å². The summed E-state index contributed by atoms with van der Waals surface area (Å²) in [4.78, 5) is 0. The number of rotatable bonds is 2. The SMILES string of the molecule is C=C(C(F)(F)F)C(F)(F)N(F)C(F)(F)F. The summed E-state index contributed by atoms with van der Waals surface area (Å²) in [7, 11) is 0. The zero-order valence-corrected chi connectivity index (χ0v) is 6.56. The van der Waals surface area contributed by atoms with Crippen molar-refractivity contribution < 1.29 is 39.6 Å². The minimum absolute atomic E-state index is 1.68. The van der Waals surface area contributed by atoms with Crippen molar-refractivity contribution in [2.75, 3.05) is 0 Å². The van der Waals surface area contributed by atoms with Gasteiger partial charge < -0.3 is 0 Å². The Morgan fingerprint density at radius 3 is 1.40 bits per heavy atom. The molecule has 15 heavy (non-hydrogen) atoms. The maximum atomic E-state index is 12.2. The van der Waals surface area contributed by atoms with Gasteiger partial charge in [0.05, 0.1) is 0 Å². The van der Waals surface area contributed by atoms with Crippen LogP contribution in [0.25, 0.3) is 0 Å². The zero-order chi connectivity index (χ0) is 12.7. The summed E-state index contributed by atoms with van der Waals surface area (Å²) < 4.78 is 105. The molecule has 0 saturated carbocycles. The lowest BCUT2D eigenvalue weighted by atomic mass is 10.2. The molecule has 0 amide bonds. The van der Waals surface area contributed by atoms with E-state index in [4.69, 9.17) is 0 Å². The third-order valence-electron chi connectivity index (χ3n) is 1.17. The van der Waals surface area contributed by atoms with E-state index in [-0.39, 0.29) is 0 Å². The second-order valence-corrected chi connectivity index (χ2v) is 2.27. The number of nitrogens with zero attached hydrogens (tertiary/aromatic N) is 1. The van der Waals surface area contributed by atoms with Gasteiger partial charge in [-0.3, -0.25) is 0 Å². The smallest absolute Gasteiger partial charge is 0.181 e. The third-order valence-corrected chi connectivity index (χ3v) is 1.17. The van der Waals surface area contributed by atoms with Crippen molar-refractivity contribution >= 4 is 0 Å². The molecule has 0 aromatic heterocycles. The van der Waals surface area contributed by atoms with Gasteiger partial charge >= 0.3 is 18.5 Å². The molecule has 0 aliphatic carbocycles. The highest BCUT2D eigenvalue weighted by molar-refractivity contribution is 5.12. The molecule has 0 aliphatic heterocycles. The van der Waals surface area contributed by atoms with E-state index in [2.05, 4.69) is 0 Å². The number of hydrogen-bond donors (Lipinski definition) is 0. The Bertz CT molecular complexity index is 248. The van der Waals surface area contributed by atoms with Gasteiger partial charge in [0.1, 0.15) is 5.57 Å².